The molecule has 1 heterocycles. The molecule has 3 aromatic rings. The number of carbonyl (C=O) groups excluding carboxylic acids is 1. The number of amides is 1. The molecule has 1 amide bonds. The van der Waals surface area contributed by atoms with Crippen LogP contribution >= 0.6 is 23.2 Å². The molecule has 1 saturated heterocycles. The number of piperidine rings is 1. The Morgan fingerprint density at radius 2 is 1.62 bits per heavy atom. The summed E-state index contributed by atoms with van der Waals surface area (Å²) in [5.41, 5.74) is 9.64. The topological polar surface area (TPSA) is 58.4 Å². The molecule has 4 nitrogen and oxygen atoms in total. The van der Waals surface area contributed by atoms with E-state index < -0.39 is 0 Å². The van der Waals surface area contributed by atoms with Gasteiger partial charge in [-0.1, -0.05) is 89.9 Å². The average Bonchev–Trinajstić information content (AvgIpc) is 2.92. The van der Waals surface area contributed by atoms with Crippen LogP contribution in [0.15, 0.2) is 78.9 Å². The van der Waals surface area contributed by atoms with Gasteiger partial charge in [-0.05, 0) is 73.4 Å². The lowest BCUT2D eigenvalue weighted by molar-refractivity contribution is -0.121. The Bertz CT molecular complexity index is 1150. The van der Waals surface area contributed by atoms with Crippen molar-refractivity contribution in [3.05, 3.63) is 106 Å². The number of nitrogens with zero attached hydrogens (tertiary/aromatic N) is 1. The second kappa shape index (κ2) is 12.9. The lowest BCUT2D eigenvalue weighted by Crippen LogP contribution is -2.54. The van der Waals surface area contributed by atoms with Crippen molar-refractivity contribution in [3.63, 3.8) is 0 Å². The molecule has 1 aliphatic rings. The van der Waals surface area contributed by atoms with Gasteiger partial charge < -0.3 is 16.0 Å². The first kappa shape index (κ1) is 27.7. The summed E-state index contributed by atoms with van der Waals surface area (Å²) in [7, 11) is 0. The zero-order valence-corrected chi connectivity index (χ0v) is 23.0. The SMILES string of the molecule is CC(=O)NC1(c2ccccc2)CCN(C(CCc2ccccc2)CC(CN)c2ccc(Cl)c(Cl)c2)CC1. The van der Waals surface area contributed by atoms with Gasteiger partial charge in [-0.25, -0.2) is 0 Å². The van der Waals surface area contributed by atoms with E-state index in [0.717, 1.165) is 50.8 Å². The number of benzene rings is 3. The Labute approximate surface area is 231 Å². The van der Waals surface area contributed by atoms with Crippen molar-refractivity contribution in [3.8, 4) is 0 Å². The van der Waals surface area contributed by atoms with Crippen LogP contribution in [0.5, 0.6) is 0 Å². The summed E-state index contributed by atoms with van der Waals surface area (Å²) in [4.78, 5) is 14.8. The number of halogens is 2. The highest BCUT2D eigenvalue weighted by Crippen LogP contribution is 2.36. The van der Waals surface area contributed by atoms with Gasteiger partial charge in [-0.15, -0.1) is 0 Å². The highest BCUT2D eigenvalue weighted by atomic mass is 35.5. The third-order valence-corrected chi connectivity index (χ3v) is 8.51. The van der Waals surface area contributed by atoms with Gasteiger partial charge in [-0.3, -0.25) is 4.79 Å². The van der Waals surface area contributed by atoms with Crippen LogP contribution in [0, 0.1) is 0 Å². The van der Waals surface area contributed by atoms with E-state index in [2.05, 4.69) is 64.8 Å². The standard InChI is InChI=1S/C31H37Cl2N3O/c1-23(37)35-31(27-10-6-3-7-11-27)16-18-36(19-17-31)28(14-12-24-8-4-2-5-9-24)20-26(22-34)25-13-15-29(32)30(33)21-25/h2-11,13,15,21,26,28H,12,14,16-20,22,34H2,1H3,(H,35,37). The van der Waals surface area contributed by atoms with E-state index in [9.17, 15) is 4.79 Å². The molecule has 0 radical (unpaired) electrons. The summed E-state index contributed by atoms with van der Waals surface area (Å²) in [6.45, 7) is 3.98. The molecule has 4 rings (SSSR count). The first-order valence-electron chi connectivity index (χ1n) is 13.2. The Balaban J connectivity index is 1.54. The fourth-order valence-electron chi connectivity index (χ4n) is 5.74. The summed E-state index contributed by atoms with van der Waals surface area (Å²) in [5.74, 6) is 0.201. The average molecular weight is 539 g/mol. The van der Waals surface area contributed by atoms with Crippen LogP contribution < -0.4 is 11.1 Å². The van der Waals surface area contributed by atoms with Crippen molar-refractivity contribution in [2.75, 3.05) is 19.6 Å². The lowest BCUT2D eigenvalue weighted by atomic mass is 9.79. The van der Waals surface area contributed by atoms with E-state index in [1.807, 2.05) is 24.3 Å². The minimum atomic E-state index is -0.329. The van der Waals surface area contributed by atoms with E-state index in [-0.39, 0.29) is 17.4 Å². The van der Waals surface area contributed by atoms with Gasteiger partial charge in [0.1, 0.15) is 0 Å². The number of hydrogen-bond donors (Lipinski definition) is 2. The molecule has 3 aromatic carbocycles. The molecule has 6 heteroatoms. The number of hydrogen-bond acceptors (Lipinski definition) is 3. The van der Waals surface area contributed by atoms with Crippen LogP contribution in [-0.4, -0.2) is 36.5 Å². The van der Waals surface area contributed by atoms with Crippen molar-refractivity contribution in [1.82, 2.24) is 10.2 Å². The predicted molar refractivity (Wildman–Crippen MR) is 154 cm³/mol. The van der Waals surface area contributed by atoms with Crippen LogP contribution in [0.1, 0.15) is 55.2 Å². The molecule has 2 unspecified atom stereocenters. The Morgan fingerprint density at radius 1 is 0.973 bits per heavy atom. The quantitative estimate of drug-likeness (QED) is 0.308. The number of aryl methyl sites for hydroxylation is 1. The molecule has 196 valence electrons. The molecular formula is C31H37Cl2N3O. The van der Waals surface area contributed by atoms with E-state index in [1.54, 1.807) is 6.92 Å². The van der Waals surface area contributed by atoms with Crippen molar-refractivity contribution >= 4 is 29.1 Å². The van der Waals surface area contributed by atoms with E-state index in [4.69, 9.17) is 28.9 Å². The zero-order chi connectivity index (χ0) is 26.3. The fourth-order valence-corrected chi connectivity index (χ4v) is 6.05. The van der Waals surface area contributed by atoms with Crippen molar-refractivity contribution in [2.45, 2.75) is 56.5 Å². The monoisotopic (exact) mass is 537 g/mol. The maximum absolute atomic E-state index is 12.2. The third-order valence-electron chi connectivity index (χ3n) is 7.77. The van der Waals surface area contributed by atoms with Gasteiger partial charge in [-0.2, -0.15) is 0 Å². The van der Waals surface area contributed by atoms with Gasteiger partial charge in [0.15, 0.2) is 0 Å². The van der Waals surface area contributed by atoms with Crippen molar-refractivity contribution < 1.29 is 4.79 Å². The third kappa shape index (κ3) is 7.14. The predicted octanol–water partition coefficient (Wildman–Crippen LogP) is 6.55. The zero-order valence-electron chi connectivity index (χ0n) is 21.5. The van der Waals surface area contributed by atoms with E-state index in [0.29, 0.717) is 22.6 Å². The summed E-state index contributed by atoms with van der Waals surface area (Å²) < 4.78 is 0. The summed E-state index contributed by atoms with van der Waals surface area (Å²) in [6.07, 6.45) is 4.74. The first-order chi connectivity index (χ1) is 17.9. The summed E-state index contributed by atoms with van der Waals surface area (Å²) in [6, 6.07) is 27.3. The molecular weight excluding hydrogens is 501 g/mol. The molecule has 1 fully saturated rings. The molecule has 3 N–H and O–H groups in total. The number of nitrogens with one attached hydrogen (secondary N) is 1. The highest BCUT2D eigenvalue weighted by molar-refractivity contribution is 6.42. The summed E-state index contributed by atoms with van der Waals surface area (Å²) >= 11 is 12.5. The van der Waals surface area contributed by atoms with Crippen LogP contribution in [-0.2, 0) is 16.8 Å². The minimum Gasteiger partial charge on any atom is -0.347 e. The van der Waals surface area contributed by atoms with Gasteiger partial charge in [0, 0.05) is 26.1 Å². The lowest BCUT2D eigenvalue weighted by Gasteiger charge is -2.46. The molecule has 2 atom stereocenters. The summed E-state index contributed by atoms with van der Waals surface area (Å²) in [5, 5.41) is 4.44. The molecule has 0 aliphatic carbocycles. The molecule has 0 aromatic heterocycles. The Morgan fingerprint density at radius 3 is 2.22 bits per heavy atom. The first-order valence-corrected chi connectivity index (χ1v) is 13.9. The second-order valence-electron chi connectivity index (χ2n) is 10.2. The number of rotatable bonds is 10. The Hall–Kier alpha value is -2.37. The highest BCUT2D eigenvalue weighted by Gasteiger charge is 2.38. The minimum absolute atomic E-state index is 0.0146. The van der Waals surface area contributed by atoms with Crippen molar-refractivity contribution in [2.24, 2.45) is 5.73 Å². The van der Waals surface area contributed by atoms with E-state index >= 15 is 0 Å². The largest absolute Gasteiger partial charge is 0.347 e. The smallest absolute Gasteiger partial charge is 0.217 e. The van der Waals surface area contributed by atoms with Gasteiger partial charge in [0.05, 0.1) is 15.6 Å². The van der Waals surface area contributed by atoms with Gasteiger partial charge in [0.2, 0.25) is 5.91 Å². The van der Waals surface area contributed by atoms with Crippen LogP contribution in [0.4, 0.5) is 0 Å². The molecule has 0 saturated carbocycles. The van der Waals surface area contributed by atoms with Crippen molar-refractivity contribution in [1.29, 1.82) is 0 Å². The molecule has 0 bridgehead atoms. The molecule has 0 spiro atoms. The number of nitrogens with two attached hydrogens (primary N) is 1. The van der Waals surface area contributed by atoms with Crippen LogP contribution in [0.25, 0.3) is 0 Å². The van der Waals surface area contributed by atoms with Crippen LogP contribution in [0.3, 0.4) is 0 Å². The maximum atomic E-state index is 12.2. The van der Waals surface area contributed by atoms with Crippen LogP contribution in [0.2, 0.25) is 10.0 Å². The molecule has 1 aliphatic heterocycles. The molecule has 37 heavy (non-hydrogen) atoms. The van der Waals surface area contributed by atoms with E-state index in [1.165, 1.54) is 11.1 Å². The Kier molecular flexibility index (Phi) is 9.66. The number of carbonyl (C=O) groups is 1. The van der Waals surface area contributed by atoms with Gasteiger partial charge in [0.25, 0.3) is 0 Å². The normalized spacial score (nSPS) is 17.2. The second-order valence-corrected chi connectivity index (χ2v) is 11.0. The fraction of sp³-hybridized carbons (Fsp3) is 0.387. The van der Waals surface area contributed by atoms with Gasteiger partial charge >= 0.3 is 0 Å². The number of likely N-dealkylation sites (tertiary alicyclic amines) is 1. The maximum Gasteiger partial charge on any atom is 0.217 e.